The predicted octanol–water partition coefficient (Wildman–Crippen LogP) is 2.00. The van der Waals surface area contributed by atoms with Gasteiger partial charge in [-0.2, -0.15) is 0 Å². The van der Waals surface area contributed by atoms with E-state index >= 15 is 0 Å². The molecule has 3 heterocycles. The van der Waals surface area contributed by atoms with E-state index in [-0.39, 0.29) is 11.3 Å². The average molecular weight is 340 g/mol. The third-order valence-corrected chi connectivity index (χ3v) is 5.33. The lowest BCUT2D eigenvalue weighted by Gasteiger charge is -2.34. The molecule has 1 aliphatic carbocycles. The molecule has 0 spiro atoms. The standard InChI is InChI=1S/C18H24N6O/c1-18(6-3-2-4-7-18)17(25)23-9-5-10-24-15(20-21-16(24)13-23)12-22-11-8-19-14-22/h2-3,8,11,14H,4-7,9-10,12-13H2,1H3. The number of carbonyl (C=O) groups is 1. The molecule has 0 fully saturated rings. The number of hydrogen-bond donors (Lipinski definition) is 0. The largest absolute Gasteiger partial charge is 0.335 e. The summed E-state index contributed by atoms with van der Waals surface area (Å²) in [5.74, 6) is 2.06. The molecule has 4 rings (SSSR count). The van der Waals surface area contributed by atoms with Gasteiger partial charge in [0.05, 0.1) is 24.8 Å². The molecule has 1 amide bonds. The fraction of sp³-hybridized carbons (Fsp3) is 0.556. The lowest BCUT2D eigenvalue weighted by atomic mass is 9.77. The number of rotatable bonds is 3. The van der Waals surface area contributed by atoms with Gasteiger partial charge in [-0.15, -0.1) is 10.2 Å². The Kier molecular flexibility index (Phi) is 4.15. The van der Waals surface area contributed by atoms with Gasteiger partial charge < -0.3 is 14.0 Å². The van der Waals surface area contributed by atoms with Gasteiger partial charge >= 0.3 is 0 Å². The van der Waals surface area contributed by atoms with E-state index in [1.165, 1.54) is 0 Å². The van der Waals surface area contributed by atoms with E-state index in [9.17, 15) is 4.79 Å². The summed E-state index contributed by atoms with van der Waals surface area (Å²) >= 11 is 0. The molecule has 1 unspecified atom stereocenters. The summed E-state index contributed by atoms with van der Waals surface area (Å²) < 4.78 is 4.15. The summed E-state index contributed by atoms with van der Waals surface area (Å²) in [4.78, 5) is 19.2. The fourth-order valence-corrected chi connectivity index (χ4v) is 3.79. The van der Waals surface area contributed by atoms with Crippen molar-refractivity contribution < 1.29 is 4.79 Å². The second-order valence-electron chi connectivity index (χ2n) is 7.27. The number of aromatic nitrogens is 5. The van der Waals surface area contributed by atoms with Crippen molar-refractivity contribution in [3.05, 3.63) is 42.5 Å². The van der Waals surface area contributed by atoms with Crippen molar-refractivity contribution >= 4 is 5.91 Å². The van der Waals surface area contributed by atoms with Crippen LogP contribution in [0.5, 0.6) is 0 Å². The van der Waals surface area contributed by atoms with Crippen LogP contribution in [0.3, 0.4) is 0 Å². The molecular formula is C18H24N6O. The van der Waals surface area contributed by atoms with E-state index in [0.29, 0.717) is 13.1 Å². The monoisotopic (exact) mass is 340 g/mol. The van der Waals surface area contributed by atoms with Gasteiger partial charge in [-0.05, 0) is 25.7 Å². The number of carbonyl (C=O) groups excluding carboxylic acids is 1. The number of imidazole rings is 1. The minimum Gasteiger partial charge on any atom is -0.335 e. The summed E-state index contributed by atoms with van der Waals surface area (Å²) in [7, 11) is 0. The van der Waals surface area contributed by atoms with E-state index in [2.05, 4.69) is 38.8 Å². The van der Waals surface area contributed by atoms with Crippen LogP contribution < -0.4 is 0 Å². The number of allylic oxidation sites excluding steroid dienone is 2. The van der Waals surface area contributed by atoms with E-state index < -0.39 is 0 Å². The Morgan fingerprint density at radius 3 is 2.96 bits per heavy atom. The van der Waals surface area contributed by atoms with Crippen LogP contribution in [0.1, 0.15) is 44.3 Å². The van der Waals surface area contributed by atoms with E-state index in [0.717, 1.165) is 50.4 Å². The zero-order chi connectivity index (χ0) is 17.3. The van der Waals surface area contributed by atoms with Crippen molar-refractivity contribution in [1.82, 2.24) is 29.2 Å². The van der Waals surface area contributed by atoms with Gasteiger partial charge in [0, 0.05) is 25.5 Å². The van der Waals surface area contributed by atoms with Crippen molar-refractivity contribution in [3.8, 4) is 0 Å². The first-order valence-corrected chi connectivity index (χ1v) is 8.97. The second kappa shape index (κ2) is 6.46. The number of fused-ring (bicyclic) bond motifs is 1. The smallest absolute Gasteiger partial charge is 0.229 e. The van der Waals surface area contributed by atoms with Crippen LogP contribution in [0, 0.1) is 5.41 Å². The highest BCUT2D eigenvalue weighted by Crippen LogP contribution is 2.35. The first kappa shape index (κ1) is 16.1. The second-order valence-corrected chi connectivity index (χ2v) is 7.27. The molecule has 2 aromatic rings. The highest BCUT2D eigenvalue weighted by atomic mass is 16.2. The predicted molar refractivity (Wildman–Crippen MR) is 92.5 cm³/mol. The molecule has 25 heavy (non-hydrogen) atoms. The van der Waals surface area contributed by atoms with Crippen molar-refractivity contribution in [2.75, 3.05) is 6.54 Å². The Bertz CT molecular complexity index is 778. The number of amides is 1. The van der Waals surface area contributed by atoms with Gasteiger partial charge in [0.2, 0.25) is 5.91 Å². The van der Waals surface area contributed by atoms with Gasteiger partial charge in [0.1, 0.15) is 0 Å². The number of nitrogens with zero attached hydrogens (tertiary/aromatic N) is 6. The third kappa shape index (κ3) is 3.10. The first-order chi connectivity index (χ1) is 12.2. The van der Waals surface area contributed by atoms with E-state index in [4.69, 9.17) is 0 Å². The van der Waals surface area contributed by atoms with E-state index in [1.807, 2.05) is 15.7 Å². The maximum atomic E-state index is 13.1. The lowest BCUT2D eigenvalue weighted by molar-refractivity contribution is -0.142. The molecule has 1 aliphatic heterocycles. The van der Waals surface area contributed by atoms with Crippen LogP contribution >= 0.6 is 0 Å². The van der Waals surface area contributed by atoms with Gasteiger partial charge in [0.15, 0.2) is 11.6 Å². The molecule has 2 aromatic heterocycles. The van der Waals surface area contributed by atoms with Crippen LogP contribution in [0.15, 0.2) is 30.9 Å². The zero-order valence-electron chi connectivity index (χ0n) is 14.6. The summed E-state index contributed by atoms with van der Waals surface area (Å²) in [6, 6.07) is 0. The van der Waals surface area contributed by atoms with Crippen LogP contribution in [0.2, 0.25) is 0 Å². The highest BCUT2D eigenvalue weighted by molar-refractivity contribution is 5.82. The van der Waals surface area contributed by atoms with Crippen molar-refractivity contribution in [3.63, 3.8) is 0 Å². The van der Waals surface area contributed by atoms with Crippen LogP contribution in [0.4, 0.5) is 0 Å². The Morgan fingerprint density at radius 1 is 1.28 bits per heavy atom. The Balaban J connectivity index is 1.53. The van der Waals surface area contributed by atoms with Crippen LogP contribution in [0.25, 0.3) is 0 Å². The third-order valence-electron chi connectivity index (χ3n) is 5.33. The molecule has 0 radical (unpaired) electrons. The molecule has 132 valence electrons. The molecule has 2 aliphatic rings. The van der Waals surface area contributed by atoms with Gasteiger partial charge in [0.25, 0.3) is 0 Å². The zero-order valence-corrected chi connectivity index (χ0v) is 14.6. The number of hydrogen-bond acceptors (Lipinski definition) is 4. The SMILES string of the molecule is CC1(C(=O)N2CCCn3c(nnc3Cn3ccnc3)C2)CC=CCC1. The average Bonchev–Trinajstić information content (AvgIpc) is 3.20. The first-order valence-electron chi connectivity index (χ1n) is 8.97. The molecule has 0 saturated heterocycles. The summed E-state index contributed by atoms with van der Waals surface area (Å²) in [6.07, 6.45) is 13.5. The molecule has 0 aromatic carbocycles. The minimum atomic E-state index is -0.274. The Hall–Kier alpha value is -2.44. The molecule has 0 saturated carbocycles. The molecule has 7 heteroatoms. The molecule has 1 atom stereocenters. The van der Waals surface area contributed by atoms with Gasteiger partial charge in [-0.1, -0.05) is 19.1 Å². The summed E-state index contributed by atoms with van der Waals surface area (Å²) in [6.45, 7) is 4.94. The topological polar surface area (TPSA) is 68.8 Å². The normalized spacial score (nSPS) is 23.3. The molecule has 0 N–H and O–H groups in total. The Morgan fingerprint density at radius 2 is 2.20 bits per heavy atom. The van der Waals surface area contributed by atoms with Crippen LogP contribution in [-0.2, 0) is 24.4 Å². The molecule has 0 bridgehead atoms. The van der Waals surface area contributed by atoms with E-state index in [1.54, 1.807) is 12.5 Å². The van der Waals surface area contributed by atoms with Gasteiger partial charge in [-0.25, -0.2) is 4.98 Å². The lowest BCUT2D eigenvalue weighted by Crippen LogP contribution is -2.42. The quantitative estimate of drug-likeness (QED) is 0.802. The maximum absolute atomic E-state index is 13.1. The molecular weight excluding hydrogens is 316 g/mol. The Labute approximate surface area is 147 Å². The van der Waals surface area contributed by atoms with Crippen molar-refractivity contribution in [1.29, 1.82) is 0 Å². The highest BCUT2D eigenvalue weighted by Gasteiger charge is 2.37. The van der Waals surface area contributed by atoms with Crippen molar-refractivity contribution in [2.24, 2.45) is 5.41 Å². The van der Waals surface area contributed by atoms with Gasteiger partial charge in [-0.3, -0.25) is 4.79 Å². The maximum Gasteiger partial charge on any atom is 0.229 e. The summed E-state index contributed by atoms with van der Waals surface area (Å²) in [5.41, 5.74) is -0.274. The summed E-state index contributed by atoms with van der Waals surface area (Å²) in [5, 5.41) is 8.72. The minimum absolute atomic E-state index is 0.254. The van der Waals surface area contributed by atoms with Crippen LogP contribution in [-0.4, -0.2) is 41.7 Å². The fourth-order valence-electron chi connectivity index (χ4n) is 3.79. The van der Waals surface area contributed by atoms with Crippen molar-refractivity contribution in [2.45, 2.75) is 52.2 Å². The molecule has 7 nitrogen and oxygen atoms in total.